The average molecular weight is 372 g/mol. The van der Waals surface area contributed by atoms with E-state index in [-0.39, 0.29) is 5.25 Å². The second-order valence-electron chi connectivity index (χ2n) is 8.52. The summed E-state index contributed by atoms with van der Waals surface area (Å²) >= 11 is 0. The van der Waals surface area contributed by atoms with E-state index in [1.807, 2.05) is 0 Å². The van der Waals surface area contributed by atoms with Crippen LogP contribution in [0.2, 0.25) is 0 Å². The predicted octanol–water partition coefficient (Wildman–Crippen LogP) is 0.731. The lowest BCUT2D eigenvalue weighted by Gasteiger charge is -2.43. The lowest BCUT2D eigenvalue weighted by Crippen LogP contribution is -2.65. The Morgan fingerprint density at radius 1 is 1.08 bits per heavy atom. The molecule has 0 amide bonds. The highest BCUT2D eigenvalue weighted by molar-refractivity contribution is 7.91. The molecule has 144 valence electrons. The fourth-order valence-corrected chi connectivity index (χ4v) is 6.45. The second kappa shape index (κ2) is 7.43. The smallest absolute Gasteiger partial charge is 0.150 e. The molecular weight excluding hydrogens is 338 g/mol. The highest BCUT2D eigenvalue weighted by Gasteiger charge is 2.42. The Morgan fingerprint density at radius 3 is 2.56 bits per heavy atom. The molecule has 6 nitrogen and oxygen atoms in total. The summed E-state index contributed by atoms with van der Waals surface area (Å²) in [5.74, 6) is 0.594. The van der Waals surface area contributed by atoms with Crippen molar-refractivity contribution < 1.29 is 13.2 Å². The highest BCUT2D eigenvalue weighted by atomic mass is 32.2. The van der Waals surface area contributed by atoms with Crippen LogP contribution in [0.4, 0.5) is 0 Å². The summed E-state index contributed by atoms with van der Waals surface area (Å²) in [5, 5.41) is 7.57. The average Bonchev–Trinajstić information content (AvgIpc) is 3.24. The second-order valence-corrected chi connectivity index (χ2v) is 10.8. The third-order valence-corrected chi connectivity index (χ3v) is 8.52. The lowest BCUT2D eigenvalue weighted by molar-refractivity contribution is 0.0479. The molecule has 2 N–H and O–H groups in total. The lowest BCUT2D eigenvalue weighted by atomic mass is 9.82. The molecule has 0 aromatic heterocycles. The first-order valence-corrected chi connectivity index (χ1v) is 12.0. The molecule has 0 radical (unpaired) electrons. The van der Waals surface area contributed by atoms with Crippen LogP contribution in [0.15, 0.2) is 0 Å². The molecule has 4 atom stereocenters. The van der Waals surface area contributed by atoms with Crippen LogP contribution in [-0.2, 0) is 14.6 Å². The van der Waals surface area contributed by atoms with Crippen LogP contribution < -0.4 is 10.6 Å². The van der Waals surface area contributed by atoms with Gasteiger partial charge in [-0.25, -0.2) is 8.42 Å². The summed E-state index contributed by atoms with van der Waals surface area (Å²) in [6, 6.07) is 1.01. The van der Waals surface area contributed by atoms with E-state index in [0.717, 1.165) is 51.9 Å². The van der Waals surface area contributed by atoms with E-state index in [1.165, 1.54) is 25.5 Å². The van der Waals surface area contributed by atoms with Gasteiger partial charge >= 0.3 is 0 Å². The third kappa shape index (κ3) is 4.05. The molecule has 3 saturated heterocycles. The molecule has 4 aliphatic rings. The first kappa shape index (κ1) is 18.2. The van der Waals surface area contributed by atoms with E-state index >= 15 is 0 Å². The van der Waals surface area contributed by atoms with Gasteiger partial charge in [0, 0.05) is 44.6 Å². The number of hydrogen-bond acceptors (Lipinski definition) is 6. The van der Waals surface area contributed by atoms with Gasteiger partial charge in [-0.2, -0.15) is 0 Å². The third-order valence-electron chi connectivity index (χ3n) is 6.84. The van der Waals surface area contributed by atoms with Crippen molar-refractivity contribution >= 4 is 9.84 Å². The Bertz CT molecular complexity index is 556. The van der Waals surface area contributed by atoms with Crippen molar-refractivity contribution in [3.05, 3.63) is 0 Å². The molecule has 4 fully saturated rings. The van der Waals surface area contributed by atoms with Crippen LogP contribution in [0.5, 0.6) is 0 Å². The van der Waals surface area contributed by atoms with Crippen LogP contribution in [0.1, 0.15) is 44.9 Å². The molecule has 7 heteroatoms. The zero-order chi connectivity index (χ0) is 17.4. The molecule has 0 aromatic carbocycles. The number of ether oxygens (including phenoxy) is 1. The van der Waals surface area contributed by atoms with E-state index < -0.39 is 9.84 Å². The molecular formula is C18H33N3O3S. The highest BCUT2D eigenvalue weighted by Crippen LogP contribution is 2.32. The van der Waals surface area contributed by atoms with Gasteiger partial charge in [0.2, 0.25) is 0 Å². The molecule has 3 heterocycles. The van der Waals surface area contributed by atoms with Crippen LogP contribution >= 0.6 is 0 Å². The number of hydrogen-bond donors (Lipinski definition) is 2. The fraction of sp³-hybridized carbons (Fsp3) is 1.00. The summed E-state index contributed by atoms with van der Waals surface area (Å²) in [5.41, 5.74) is 0. The predicted molar refractivity (Wildman–Crippen MR) is 98.3 cm³/mol. The molecule has 4 rings (SSSR count). The van der Waals surface area contributed by atoms with Crippen molar-refractivity contribution in [3.63, 3.8) is 0 Å². The minimum absolute atomic E-state index is 0.115. The van der Waals surface area contributed by atoms with Gasteiger partial charge in [-0.3, -0.25) is 10.2 Å². The number of sulfone groups is 1. The topological polar surface area (TPSA) is 70.7 Å². The van der Waals surface area contributed by atoms with Gasteiger partial charge < -0.3 is 10.1 Å². The number of piperazine rings is 1. The van der Waals surface area contributed by atoms with Crippen molar-refractivity contribution in [1.82, 2.24) is 15.5 Å². The van der Waals surface area contributed by atoms with E-state index in [0.29, 0.717) is 30.3 Å². The SMILES string of the molecule is CS(=O)(=O)C1CCC(C2CNC3CCN(CC4CCCO4)C3N2)CC1. The van der Waals surface area contributed by atoms with E-state index in [2.05, 4.69) is 15.5 Å². The summed E-state index contributed by atoms with van der Waals surface area (Å²) in [7, 11) is -2.87. The molecule has 0 spiro atoms. The van der Waals surface area contributed by atoms with Crippen molar-refractivity contribution in [2.75, 3.05) is 32.5 Å². The van der Waals surface area contributed by atoms with E-state index in [9.17, 15) is 8.42 Å². The van der Waals surface area contributed by atoms with Gasteiger partial charge in [-0.05, 0) is 50.9 Å². The van der Waals surface area contributed by atoms with Gasteiger partial charge in [0.25, 0.3) is 0 Å². The molecule has 1 saturated carbocycles. The molecule has 3 aliphatic heterocycles. The zero-order valence-corrected chi connectivity index (χ0v) is 16.1. The van der Waals surface area contributed by atoms with Crippen molar-refractivity contribution in [1.29, 1.82) is 0 Å². The number of nitrogens with zero attached hydrogens (tertiary/aromatic N) is 1. The Kier molecular flexibility index (Phi) is 5.40. The first-order valence-electron chi connectivity index (χ1n) is 10.0. The summed E-state index contributed by atoms with van der Waals surface area (Å²) in [6.45, 7) is 4.12. The number of nitrogens with one attached hydrogen (secondary N) is 2. The monoisotopic (exact) mass is 371 g/mol. The Hall–Kier alpha value is -0.210. The zero-order valence-electron chi connectivity index (χ0n) is 15.3. The number of likely N-dealkylation sites (tertiary alicyclic amines) is 1. The van der Waals surface area contributed by atoms with Crippen molar-refractivity contribution in [2.45, 2.75) is 74.5 Å². The maximum atomic E-state index is 11.8. The van der Waals surface area contributed by atoms with Gasteiger partial charge in [0.15, 0.2) is 0 Å². The van der Waals surface area contributed by atoms with Crippen LogP contribution in [0.25, 0.3) is 0 Å². The van der Waals surface area contributed by atoms with Crippen LogP contribution in [0.3, 0.4) is 0 Å². The summed E-state index contributed by atoms with van der Waals surface area (Å²) < 4.78 is 29.4. The van der Waals surface area contributed by atoms with Crippen LogP contribution in [0, 0.1) is 5.92 Å². The normalized spacial score (nSPS) is 43.2. The van der Waals surface area contributed by atoms with Gasteiger partial charge in [0.1, 0.15) is 9.84 Å². The van der Waals surface area contributed by atoms with Gasteiger partial charge in [0.05, 0.1) is 17.5 Å². The van der Waals surface area contributed by atoms with E-state index in [1.54, 1.807) is 0 Å². The molecule has 4 unspecified atom stereocenters. The van der Waals surface area contributed by atoms with Gasteiger partial charge in [-0.15, -0.1) is 0 Å². The maximum absolute atomic E-state index is 11.8. The minimum Gasteiger partial charge on any atom is -0.377 e. The van der Waals surface area contributed by atoms with Crippen molar-refractivity contribution in [3.8, 4) is 0 Å². The first-order chi connectivity index (χ1) is 12.0. The minimum atomic E-state index is -2.87. The molecule has 0 aromatic rings. The standard InChI is InChI=1S/C18H33N3O3S/c1-25(22,23)15-6-4-13(5-7-15)17-11-19-16-8-9-21(18(16)20-17)12-14-3-2-10-24-14/h13-20H,2-12H2,1H3. The Balaban J connectivity index is 1.32. The Labute approximate surface area is 152 Å². The quantitative estimate of drug-likeness (QED) is 0.759. The van der Waals surface area contributed by atoms with E-state index in [4.69, 9.17) is 4.74 Å². The summed E-state index contributed by atoms with van der Waals surface area (Å²) in [6.07, 6.45) is 9.53. The summed E-state index contributed by atoms with van der Waals surface area (Å²) in [4.78, 5) is 2.57. The molecule has 0 bridgehead atoms. The molecule has 25 heavy (non-hydrogen) atoms. The largest absolute Gasteiger partial charge is 0.377 e. The fourth-order valence-electron chi connectivity index (χ4n) is 5.32. The molecule has 1 aliphatic carbocycles. The number of fused-ring (bicyclic) bond motifs is 1. The maximum Gasteiger partial charge on any atom is 0.150 e. The Morgan fingerprint density at radius 2 is 1.88 bits per heavy atom. The van der Waals surface area contributed by atoms with Gasteiger partial charge in [-0.1, -0.05) is 0 Å². The van der Waals surface area contributed by atoms with Crippen LogP contribution in [-0.4, -0.2) is 75.4 Å². The van der Waals surface area contributed by atoms with Crippen molar-refractivity contribution in [2.24, 2.45) is 5.92 Å². The number of rotatable bonds is 4.